The predicted octanol–water partition coefficient (Wildman–Crippen LogP) is 1.52. The summed E-state index contributed by atoms with van der Waals surface area (Å²) < 4.78 is 0. The number of hydrogen-bond donors (Lipinski definition) is 1. The zero-order valence-corrected chi connectivity index (χ0v) is 7.04. The van der Waals surface area contributed by atoms with Gasteiger partial charge in [0.25, 0.3) is 0 Å². The molecule has 1 rings (SSSR count). The van der Waals surface area contributed by atoms with Gasteiger partial charge >= 0.3 is 0 Å². The molecule has 4 heteroatoms. The molecule has 0 aliphatic carbocycles. The lowest BCUT2D eigenvalue weighted by molar-refractivity contribution is 0.894. The molecule has 11 heavy (non-hydrogen) atoms. The Bertz CT molecular complexity index is 202. The van der Waals surface area contributed by atoms with E-state index >= 15 is 0 Å². The van der Waals surface area contributed by atoms with E-state index in [1.807, 2.05) is 13.0 Å². The molecule has 0 saturated carbocycles. The standard InChI is InChI=1S/C7H10ClN3/c1-6(4-8)11-7-2-3-9-5-10-7/h2-3,5-6H,4H2,1H3,(H,9,10,11). The van der Waals surface area contributed by atoms with Crippen LogP contribution in [0, 0.1) is 0 Å². The summed E-state index contributed by atoms with van der Waals surface area (Å²) in [5.41, 5.74) is 0. The molecule has 0 amide bonds. The number of nitrogens with one attached hydrogen (secondary N) is 1. The molecule has 1 unspecified atom stereocenters. The Balaban J connectivity index is 2.51. The van der Waals surface area contributed by atoms with Crippen molar-refractivity contribution in [3.63, 3.8) is 0 Å². The molecule has 0 aliphatic rings. The summed E-state index contributed by atoms with van der Waals surface area (Å²) in [6.45, 7) is 2.00. The summed E-state index contributed by atoms with van der Waals surface area (Å²) in [5, 5.41) is 3.11. The molecule has 0 aliphatic heterocycles. The highest BCUT2D eigenvalue weighted by Gasteiger charge is 1.98. The zero-order chi connectivity index (χ0) is 8.10. The van der Waals surface area contributed by atoms with Crippen LogP contribution in [0.25, 0.3) is 0 Å². The third-order valence-electron chi connectivity index (χ3n) is 1.21. The van der Waals surface area contributed by atoms with E-state index in [0.717, 1.165) is 5.82 Å². The molecule has 0 bridgehead atoms. The van der Waals surface area contributed by atoms with Gasteiger partial charge in [-0.2, -0.15) is 0 Å². The first-order valence-corrected chi connectivity index (χ1v) is 3.95. The van der Waals surface area contributed by atoms with Gasteiger partial charge in [0.1, 0.15) is 12.1 Å². The van der Waals surface area contributed by atoms with Crippen LogP contribution in [0.15, 0.2) is 18.6 Å². The lowest BCUT2D eigenvalue weighted by Gasteiger charge is -2.09. The Labute approximate surface area is 70.8 Å². The molecule has 60 valence electrons. The maximum absolute atomic E-state index is 5.60. The minimum atomic E-state index is 0.242. The van der Waals surface area contributed by atoms with E-state index in [2.05, 4.69) is 15.3 Å². The maximum Gasteiger partial charge on any atom is 0.129 e. The smallest absolute Gasteiger partial charge is 0.129 e. The van der Waals surface area contributed by atoms with Crippen molar-refractivity contribution in [1.29, 1.82) is 0 Å². The summed E-state index contributed by atoms with van der Waals surface area (Å²) >= 11 is 5.60. The van der Waals surface area contributed by atoms with Gasteiger partial charge in [-0.1, -0.05) is 0 Å². The largest absolute Gasteiger partial charge is 0.366 e. The van der Waals surface area contributed by atoms with E-state index in [1.165, 1.54) is 6.33 Å². The van der Waals surface area contributed by atoms with Crippen LogP contribution in [0.1, 0.15) is 6.92 Å². The molecule has 0 aromatic carbocycles. The van der Waals surface area contributed by atoms with E-state index in [4.69, 9.17) is 11.6 Å². The minimum Gasteiger partial charge on any atom is -0.366 e. The summed E-state index contributed by atoms with van der Waals surface area (Å²) in [7, 11) is 0. The van der Waals surface area contributed by atoms with Crippen LogP contribution in [-0.4, -0.2) is 21.9 Å². The normalized spacial score (nSPS) is 12.5. The number of rotatable bonds is 3. The topological polar surface area (TPSA) is 37.8 Å². The number of halogens is 1. The fourth-order valence-electron chi connectivity index (χ4n) is 0.667. The molecule has 0 saturated heterocycles. The van der Waals surface area contributed by atoms with Crippen LogP contribution >= 0.6 is 11.6 Å². The van der Waals surface area contributed by atoms with Crippen molar-refractivity contribution in [3.8, 4) is 0 Å². The highest BCUT2D eigenvalue weighted by Crippen LogP contribution is 2.01. The van der Waals surface area contributed by atoms with Crippen molar-refractivity contribution in [3.05, 3.63) is 18.6 Å². The first-order chi connectivity index (χ1) is 5.33. The summed E-state index contributed by atoms with van der Waals surface area (Å²) in [6.07, 6.45) is 3.19. The van der Waals surface area contributed by atoms with Gasteiger partial charge in [0.2, 0.25) is 0 Å². The summed E-state index contributed by atoms with van der Waals surface area (Å²) in [6, 6.07) is 2.05. The van der Waals surface area contributed by atoms with Gasteiger partial charge < -0.3 is 5.32 Å². The third kappa shape index (κ3) is 2.72. The van der Waals surface area contributed by atoms with E-state index in [-0.39, 0.29) is 6.04 Å². The zero-order valence-electron chi connectivity index (χ0n) is 6.29. The SMILES string of the molecule is CC(CCl)Nc1ccncn1. The van der Waals surface area contributed by atoms with Crippen molar-refractivity contribution < 1.29 is 0 Å². The number of aromatic nitrogens is 2. The average Bonchev–Trinajstić information content (AvgIpc) is 2.06. The molecule has 1 aromatic heterocycles. The molecule has 3 nitrogen and oxygen atoms in total. The van der Waals surface area contributed by atoms with Crippen LogP contribution in [-0.2, 0) is 0 Å². The minimum absolute atomic E-state index is 0.242. The van der Waals surface area contributed by atoms with Crippen LogP contribution < -0.4 is 5.32 Å². The van der Waals surface area contributed by atoms with Crippen molar-refractivity contribution in [2.45, 2.75) is 13.0 Å². The van der Waals surface area contributed by atoms with Crippen LogP contribution in [0.5, 0.6) is 0 Å². The Morgan fingerprint density at radius 2 is 2.55 bits per heavy atom. The molecule has 1 heterocycles. The second kappa shape index (κ2) is 4.13. The second-order valence-electron chi connectivity index (χ2n) is 2.29. The lowest BCUT2D eigenvalue weighted by atomic mass is 10.4. The van der Waals surface area contributed by atoms with Gasteiger partial charge in [-0.15, -0.1) is 11.6 Å². The van der Waals surface area contributed by atoms with E-state index in [1.54, 1.807) is 6.20 Å². The Morgan fingerprint density at radius 1 is 1.73 bits per heavy atom. The quantitative estimate of drug-likeness (QED) is 0.701. The highest BCUT2D eigenvalue weighted by atomic mass is 35.5. The summed E-state index contributed by atoms with van der Waals surface area (Å²) in [4.78, 5) is 7.78. The number of hydrogen-bond acceptors (Lipinski definition) is 3. The lowest BCUT2D eigenvalue weighted by Crippen LogP contribution is -2.17. The number of alkyl halides is 1. The van der Waals surface area contributed by atoms with E-state index in [9.17, 15) is 0 Å². The molecular weight excluding hydrogens is 162 g/mol. The molecule has 1 atom stereocenters. The maximum atomic E-state index is 5.60. The van der Waals surface area contributed by atoms with Crippen molar-refractivity contribution in [2.24, 2.45) is 0 Å². The molecule has 0 radical (unpaired) electrons. The fourth-order valence-corrected chi connectivity index (χ4v) is 0.744. The molecule has 1 N–H and O–H groups in total. The van der Waals surface area contributed by atoms with Crippen LogP contribution in [0.2, 0.25) is 0 Å². The van der Waals surface area contributed by atoms with Gasteiger partial charge in [-0.3, -0.25) is 0 Å². The molecule has 0 spiro atoms. The first kappa shape index (κ1) is 8.27. The van der Waals surface area contributed by atoms with Crippen molar-refractivity contribution in [1.82, 2.24) is 9.97 Å². The third-order valence-corrected chi connectivity index (χ3v) is 1.67. The van der Waals surface area contributed by atoms with Crippen molar-refractivity contribution in [2.75, 3.05) is 11.2 Å². The van der Waals surface area contributed by atoms with Crippen LogP contribution in [0.3, 0.4) is 0 Å². The van der Waals surface area contributed by atoms with Crippen LogP contribution in [0.4, 0.5) is 5.82 Å². The van der Waals surface area contributed by atoms with Gasteiger partial charge in [0.05, 0.1) is 0 Å². The predicted molar refractivity (Wildman–Crippen MR) is 45.8 cm³/mol. The van der Waals surface area contributed by atoms with Gasteiger partial charge in [-0.25, -0.2) is 9.97 Å². The Kier molecular flexibility index (Phi) is 3.11. The van der Waals surface area contributed by atoms with E-state index < -0.39 is 0 Å². The molecule has 0 fully saturated rings. The van der Waals surface area contributed by atoms with Gasteiger partial charge in [-0.05, 0) is 13.0 Å². The summed E-state index contributed by atoms with van der Waals surface area (Å²) in [5.74, 6) is 1.39. The monoisotopic (exact) mass is 171 g/mol. The molecule has 1 aromatic rings. The Morgan fingerprint density at radius 3 is 3.09 bits per heavy atom. The fraction of sp³-hybridized carbons (Fsp3) is 0.429. The number of anilines is 1. The van der Waals surface area contributed by atoms with E-state index in [0.29, 0.717) is 5.88 Å². The van der Waals surface area contributed by atoms with Crippen molar-refractivity contribution >= 4 is 17.4 Å². The van der Waals surface area contributed by atoms with Gasteiger partial charge in [0.15, 0.2) is 0 Å². The Hall–Kier alpha value is -0.830. The number of nitrogens with zero attached hydrogens (tertiary/aromatic N) is 2. The van der Waals surface area contributed by atoms with Gasteiger partial charge in [0, 0.05) is 18.1 Å². The highest BCUT2D eigenvalue weighted by molar-refractivity contribution is 6.18. The second-order valence-corrected chi connectivity index (χ2v) is 2.60. The molecular formula is C7H10ClN3. The average molecular weight is 172 g/mol. The first-order valence-electron chi connectivity index (χ1n) is 3.41.